The number of allylic oxidation sites excluding steroid dienone is 1. The number of fused-ring (bicyclic) bond motifs is 1. The van der Waals surface area contributed by atoms with Crippen molar-refractivity contribution in [1.29, 1.82) is 0 Å². The summed E-state index contributed by atoms with van der Waals surface area (Å²) >= 11 is 0. The number of hydrogen-bond acceptors (Lipinski definition) is 4. The van der Waals surface area contributed by atoms with E-state index in [1.54, 1.807) is 0 Å². The summed E-state index contributed by atoms with van der Waals surface area (Å²) in [4.78, 5) is 33.5. The normalized spacial score (nSPS) is 12.4. The number of carbonyl (C=O) groups is 3. The molecular formula is C13H8O4. The molecule has 0 atom stereocenters. The highest BCUT2D eigenvalue weighted by atomic mass is 16.3. The number of phenolic OH excluding ortho intramolecular Hbond substituents is 1. The molecule has 0 unspecified atom stereocenters. The van der Waals surface area contributed by atoms with Crippen LogP contribution in [-0.4, -0.2) is 23.5 Å². The summed E-state index contributed by atoms with van der Waals surface area (Å²) in [6.07, 6.45) is 4.89. The zero-order valence-electron chi connectivity index (χ0n) is 8.77. The lowest BCUT2D eigenvalue weighted by Gasteiger charge is -2.11. The van der Waals surface area contributed by atoms with E-state index in [1.807, 2.05) is 0 Å². The summed E-state index contributed by atoms with van der Waals surface area (Å²) in [5.41, 5.74) is 0.700. The smallest absolute Gasteiger partial charge is 0.187 e. The van der Waals surface area contributed by atoms with Crippen molar-refractivity contribution in [3.63, 3.8) is 0 Å². The number of aldehydes is 2. The van der Waals surface area contributed by atoms with Gasteiger partial charge in [-0.2, -0.15) is 0 Å². The van der Waals surface area contributed by atoms with Crippen LogP contribution >= 0.6 is 0 Å². The Balaban J connectivity index is 2.99. The number of rotatable bonds is 3. The Morgan fingerprint density at radius 1 is 1.06 bits per heavy atom. The van der Waals surface area contributed by atoms with Crippen molar-refractivity contribution >= 4 is 30.5 Å². The van der Waals surface area contributed by atoms with Gasteiger partial charge < -0.3 is 5.11 Å². The first-order chi connectivity index (χ1) is 8.15. The van der Waals surface area contributed by atoms with Gasteiger partial charge in [0.15, 0.2) is 18.4 Å². The Morgan fingerprint density at radius 3 is 2.24 bits per heavy atom. The van der Waals surface area contributed by atoms with Crippen LogP contribution in [0.5, 0.6) is 5.75 Å². The molecule has 1 aliphatic rings. The third kappa shape index (κ3) is 1.34. The third-order valence-electron chi connectivity index (χ3n) is 2.72. The second-order valence-corrected chi connectivity index (χ2v) is 3.52. The van der Waals surface area contributed by atoms with Gasteiger partial charge in [0.1, 0.15) is 5.75 Å². The number of carbonyl (C=O) groups excluding carboxylic acids is 3. The molecule has 4 heteroatoms. The molecule has 1 aliphatic carbocycles. The van der Waals surface area contributed by atoms with E-state index < -0.39 is 5.75 Å². The van der Waals surface area contributed by atoms with Gasteiger partial charge in [0.2, 0.25) is 0 Å². The first kappa shape index (κ1) is 11.0. The lowest BCUT2D eigenvalue weighted by molar-refractivity contribution is 0.105. The summed E-state index contributed by atoms with van der Waals surface area (Å²) in [6.45, 7) is 3.51. The first-order valence-corrected chi connectivity index (χ1v) is 4.83. The van der Waals surface area contributed by atoms with Crippen molar-refractivity contribution < 1.29 is 19.5 Å². The average Bonchev–Trinajstić information content (AvgIpc) is 2.70. The molecule has 2 rings (SSSR count). The molecule has 0 fully saturated rings. The molecule has 0 saturated carbocycles. The summed E-state index contributed by atoms with van der Waals surface area (Å²) < 4.78 is 0. The van der Waals surface area contributed by atoms with Gasteiger partial charge in [-0.1, -0.05) is 12.7 Å². The summed E-state index contributed by atoms with van der Waals surface area (Å²) in [5.74, 6) is -0.718. The summed E-state index contributed by atoms with van der Waals surface area (Å²) in [6, 6.07) is 0. The number of ketones is 1. The molecule has 0 amide bonds. The van der Waals surface area contributed by atoms with Crippen LogP contribution < -0.4 is 0 Å². The van der Waals surface area contributed by atoms with Crippen molar-refractivity contribution in [1.82, 2.24) is 0 Å². The monoisotopic (exact) mass is 228 g/mol. The topological polar surface area (TPSA) is 71.4 Å². The van der Waals surface area contributed by atoms with Crippen LogP contribution in [0.1, 0.15) is 42.2 Å². The van der Waals surface area contributed by atoms with Crippen LogP contribution in [0.25, 0.3) is 12.2 Å². The minimum Gasteiger partial charge on any atom is -0.506 e. The molecule has 0 saturated heterocycles. The Bertz CT molecular complexity index is 594. The highest BCUT2D eigenvalue weighted by molar-refractivity contribution is 6.19. The maximum Gasteiger partial charge on any atom is 0.187 e. The average molecular weight is 228 g/mol. The minimum atomic E-state index is -0.414. The second kappa shape index (κ2) is 3.83. The number of benzene rings is 1. The zero-order chi connectivity index (χ0) is 12.6. The molecule has 0 radical (unpaired) electrons. The maximum atomic E-state index is 11.6. The van der Waals surface area contributed by atoms with E-state index in [1.165, 1.54) is 18.2 Å². The van der Waals surface area contributed by atoms with E-state index >= 15 is 0 Å². The Hall–Kier alpha value is -2.49. The van der Waals surface area contributed by atoms with Gasteiger partial charge in [0.05, 0.1) is 11.1 Å². The predicted molar refractivity (Wildman–Crippen MR) is 62.3 cm³/mol. The van der Waals surface area contributed by atoms with Gasteiger partial charge in [0.25, 0.3) is 0 Å². The Labute approximate surface area is 96.9 Å². The fourth-order valence-electron chi connectivity index (χ4n) is 1.95. The van der Waals surface area contributed by atoms with Crippen molar-refractivity contribution in [2.45, 2.75) is 0 Å². The fraction of sp³-hybridized carbons (Fsp3) is 0. The molecule has 0 aromatic heterocycles. The number of hydrogen-bond donors (Lipinski definition) is 1. The Kier molecular flexibility index (Phi) is 2.48. The van der Waals surface area contributed by atoms with Crippen LogP contribution in [-0.2, 0) is 0 Å². The molecule has 84 valence electrons. The van der Waals surface area contributed by atoms with Crippen molar-refractivity contribution in [3.8, 4) is 5.75 Å². The lowest BCUT2D eigenvalue weighted by atomic mass is 9.92. The van der Waals surface area contributed by atoms with Gasteiger partial charge in [-0.15, -0.1) is 0 Å². The van der Waals surface area contributed by atoms with Gasteiger partial charge in [-0.05, 0) is 17.7 Å². The molecule has 17 heavy (non-hydrogen) atoms. The first-order valence-electron chi connectivity index (χ1n) is 4.83. The summed E-state index contributed by atoms with van der Waals surface area (Å²) in [7, 11) is 0. The third-order valence-corrected chi connectivity index (χ3v) is 2.72. The molecule has 1 aromatic carbocycles. The van der Waals surface area contributed by atoms with Crippen molar-refractivity contribution in [3.05, 3.63) is 40.5 Å². The SMILES string of the molecule is C=Cc1c(C=O)c(O)c(C=O)c2c1C(=O)C=C2. The Morgan fingerprint density at radius 2 is 1.71 bits per heavy atom. The van der Waals surface area contributed by atoms with Gasteiger partial charge in [-0.3, -0.25) is 14.4 Å². The molecule has 0 heterocycles. The summed E-state index contributed by atoms with van der Waals surface area (Å²) in [5, 5.41) is 9.80. The maximum absolute atomic E-state index is 11.6. The standard InChI is InChI=1S/C13H8O4/c1-2-7-9(5-14)13(17)10(6-15)8-3-4-11(16)12(7)8/h2-6,17H,1H2. The molecular weight excluding hydrogens is 220 g/mol. The highest BCUT2D eigenvalue weighted by Gasteiger charge is 2.26. The van der Waals surface area contributed by atoms with Crippen LogP contribution in [0.4, 0.5) is 0 Å². The lowest BCUT2D eigenvalue weighted by Crippen LogP contribution is -2.04. The van der Waals surface area contributed by atoms with E-state index in [0.29, 0.717) is 18.1 Å². The van der Waals surface area contributed by atoms with Crippen LogP contribution in [0, 0.1) is 0 Å². The van der Waals surface area contributed by atoms with Crippen LogP contribution in [0.15, 0.2) is 12.7 Å². The minimum absolute atomic E-state index is 0.0465. The number of aromatic hydroxyl groups is 1. The fourth-order valence-corrected chi connectivity index (χ4v) is 1.95. The highest BCUT2D eigenvalue weighted by Crippen LogP contribution is 2.36. The largest absolute Gasteiger partial charge is 0.506 e. The van der Waals surface area contributed by atoms with Crippen LogP contribution in [0.3, 0.4) is 0 Å². The number of phenols is 1. The van der Waals surface area contributed by atoms with E-state index in [0.717, 1.165) is 0 Å². The predicted octanol–water partition coefficient (Wildman–Crippen LogP) is 1.87. The molecule has 0 bridgehead atoms. The molecule has 1 N–H and O–H groups in total. The van der Waals surface area contributed by atoms with Crippen molar-refractivity contribution in [2.75, 3.05) is 0 Å². The molecule has 4 nitrogen and oxygen atoms in total. The van der Waals surface area contributed by atoms with E-state index in [4.69, 9.17) is 0 Å². The van der Waals surface area contributed by atoms with Gasteiger partial charge >= 0.3 is 0 Å². The van der Waals surface area contributed by atoms with Crippen molar-refractivity contribution in [2.24, 2.45) is 0 Å². The molecule has 1 aromatic rings. The molecule has 0 aliphatic heterocycles. The van der Waals surface area contributed by atoms with Gasteiger partial charge in [-0.25, -0.2) is 0 Å². The molecule has 0 spiro atoms. The zero-order valence-corrected chi connectivity index (χ0v) is 8.77. The van der Waals surface area contributed by atoms with E-state index in [9.17, 15) is 19.5 Å². The van der Waals surface area contributed by atoms with E-state index in [-0.39, 0.29) is 28.0 Å². The van der Waals surface area contributed by atoms with Gasteiger partial charge in [0, 0.05) is 11.1 Å². The van der Waals surface area contributed by atoms with E-state index in [2.05, 4.69) is 6.58 Å². The van der Waals surface area contributed by atoms with Crippen LogP contribution in [0.2, 0.25) is 0 Å². The quantitative estimate of drug-likeness (QED) is 0.801. The second-order valence-electron chi connectivity index (χ2n) is 3.52.